The zero-order valence-electron chi connectivity index (χ0n) is 13.8. The Labute approximate surface area is 151 Å². The molecule has 0 aliphatic heterocycles. The van der Waals surface area contributed by atoms with Crippen molar-refractivity contribution < 1.29 is 4.74 Å². The molecule has 0 unspecified atom stereocenters. The van der Waals surface area contributed by atoms with Crippen LogP contribution in [0.1, 0.15) is 11.1 Å². The van der Waals surface area contributed by atoms with E-state index in [1.807, 2.05) is 30.3 Å². The molecule has 0 saturated heterocycles. The first-order valence-corrected chi connectivity index (χ1v) is 9.22. The van der Waals surface area contributed by atoms with Crippen LogP contribution >= 0.6 is 11.3 Å². The van der Waals surface area contributed by atoms with Gasteiger partial charge >= 0.3 is 0 Å². The Balaban J connectivity index is 1.33. The van der Waals surface area contributed by atoms with Crippen molar-refractivity contribution in [3.8, 4) is 5.75 Å². The first-order valence-electron chi connectivity index (χ1n) is 8.34. The Morgan fingerprint density at radius 1 is 0.800 bits per heavy atom. The minimum atomic E-state index is 0.596. The molecule has 0 bridgehead atoms. The lowest BCUT2D eigenvalue weighted by Gasteiger charge is -2.09. The normalized spacial score (nSPS) is 10.7. The van der Waals surface area contributed by atoms with E-state index in [9.17, 15) is 0 Å². The molecule has 0 spiro atoms. The number of hydrogen-bond donors (Lipinski definition) is 1. The van der Waals surface area contributed by atoms with Crippen LogP contribution in [0, 0.1) is 0 Å². The van der Waals surface area contributed by atoms with E-state index in [1.165, 1.54) is 21.2 Å². The van der Waals surface area contributed by atoms with Crippen molar-refractivity contribution in [1.82, 2.24) is 0 Å². The lowest BCUT2D eigenvalue weighted by atomic mass is 10.2. The highest BCUT2D eigenvalue weighted by Gasteiger charge is 2.00. The first-order chi connectivity index (χ1) is 12.4. The summed E-state index contributed by atoms with van der Waals surface area (Å²) in [5, 5.41) is 6.90. The molecule has 0 aliphatic carbocycles. The van der Waals surface area contributed by atoms with Gasteiger partial charge in [-0.1, -0.05) is 42.5 Å². The lowest BCUT2D eigenvalue weighted by Crippen LogP contribution is -1.99. The van der Waals surface area contributed by atoms with Crippen molar-refractivity contribution in [3.63, 3.8) is 0 Å². The molecule has 3 heteroatoms. The van der Waals surface area contributed by atoms with E-state index >= 15 is 0 Å². The summed E-state index contributed by atoms with van der Waals surface area (Å²) in [7, 11) is 0. The molecular formula is C22H19NOS. The van der Waals surface area contributed by atoms with Crippen molar-refractivity contribution in [3.05, 3.63) is 95.4 Å². The first kappa shape index (κ1) is 15.7. The van der Waals surface area contributed by atoms with Gasteiger partial charge in [0.2, 0.25) is 0 Å². The molecule has 1 aromatic heterocycles. The largest absolute Gasteiger partial charge is 0.489 e. The smallest absolute Gasteiger partial charge is 0.119 e. The summed E-state index contributed by atoms with van der Waals surface area (Å²) in [6.45, 7) is 1.40. The fourth-order valence-electron chi connectivity index (χ4n) is 2.73. The zero-order valence-corrected chi connectivity index (χ0v) is 14.6. The standard InChI is InChI=1S/C22H19NOS/c1-2-4-18(5-3-1)16-24-21-9-6-17(7-10-21)15-23-20-8-11-22-19(14-20)12-13-25-22/h1-14,23H,15-16H2. The number of fused-ring (bicyclic) bond motifs is 1. The summed E-state index contributed by atoms with van der Waals surface area (Å²) < 4.78 is 7.15. The molecule has 0 fully saturated rings. The zero-order chi connectivity index (χ0) is 16.9. The third kappa shape index (κ3) is 4.01. The molecule has 2 nitrogen and oxygen atoms in total. The Morgan fingerprint density at radius 2 is 1.64 bits per heavy atom. The SMILES string of the molecule is c1ccc(COc2ccc(CNc3ccc4sccc4c3)cc2)cc1. The molecule has 124 valence electrons. The summed E-state index contributed by atoms with van der Waals surface area (Å²) in [6.07, 6.45) is 0. The number of rotatable bonds is 6. The molecule has 0 saturated carbocycles. The molecule has 0 aliphatic rings. The van der Waals surface area contributed by atoms with Crippen LogP contribution in [0.2, 0.25) is 0 Å². The summed E-state index contributed by atoms with van der Waals surface area (Å²) >= 11 is 1.77. The van der Waals surface area contributed by atoms with Gasteiger partial charge in [0.25, 0.3) is 0 Å². The third-order valence-electron chi connectivity index (χ3n) is 4.12. The van der Waals surface area contributed by atoms with Gasteiger partial charge < -0.3 is 10.1 Å². The second-order valence-electron chi connectivity index (χ2n) is 5.94. The van der Waals surface area contributed by atoms with Crippen molar-refractivity contribution in [2.45, 2.75) is 13.2 Å². The lowest BCUT2D eigenvalue weighted by molar-refractivity contribution is 0.306. The number of anilines is 1. The van der Waals surface area contributed by atoms with E-state index in [-0.39, 0.29) is 0 Å². The Morgan fingerprint density at radius 3 is 2.48 bits per heavy atom. The number of benzene rings is 3. The summed E-state index contributed by atoms with van der Waals surface area (Å²) in [4.78, 5) is 0. The van der Waals surface area contributed by atoms with Crippen molar-refractivity contribution in [1.29, 1.82) is 0 Å². The van der Waals surface area contributed by atoms with Gasteiger partial charge in [0, 0.05) is 16.9 Å². The molecule has 0 amide bonds. The quantitative estimate of drug-likeness (QED) is 0.456. The van der Waals surface area contributed by atoms with Crippen LogP contribution in [-0.4, -0.2) is 0 Å². The average molecular weight is 345 g/mol. The predicted molar refractivity (Wildman–Crippen MR) is 106 cm³/mol. The van der Waals surface area contributed by atoms with Crippen LogP contribution in [0.25, 0.3) is 10.1 Å². The van der Waals surface area contributed by atoms with E-state index < -0.39 is 0 Å². The fraction of sp³-hybridized carbons (Fsp3) is 0.0909. The van der Waals surface area contributed by atoms with E-state index in [4.69, 9.17) is 4.74 Å². The second-order valence-corrected chi connectivity index (χ2v) is 6.89. The van der Waals surface area contributed by atoms with Crippen LogP contribution < -0.4 is 10.1 Å². The average Bonchev–Trinajstić information content (AvgIpc) is 3.14. The highest BCUT2D eigenvalue weighted by molar-refractivity contribution is 7.17. The highest BCUT2D eigenvalue weighted by atomic mass is 32.1. The van der Waals surface area contributed by atoms with Gasteiger partial charge in [-0.05, 0) is 58.3 Å². The van der Waals surface area contributed by atoms with E-state index in [2.05, 4.69) is 59.2 Å². The topological polar surface area (TPSA) is 21.3 Å². The van der Waals surface area contributed by atoms with Gasteiger partial charge in [0.05, 0.1) is 0 Å². The third-order valence-corrected chi connectivity index (χ3v) is 5.02. The Kier molecular flexibility index (Phi) is 4.66. The predicted octanol–water partition coefficient (Wildman–Crippen LogP) is 6.09. The monoisotopic (exact) mass is 345 g/mol. The van der Waals surface area contributed by atoms with Crippen LogP contribution in [0.15, 0.2) is 84.2 Å². The number of nitrogens with one attached hydrogen (secondary N) is 1. The number of hydrogen-bond acceptors (Lipinski definition) is 3. The van der Waals surface area contributed by atoms with Gasteiger partial charge in [-0.3, -0.25) is 0 Å². The minimum Gasteiger partial charge on any atom is -0.489 e. The fourth-order valence-corrected chi connectivity index (χ4v) is 3.50. The van der Waals surface area contributed by atoms with Crippen molar-refractivity contribution in [2.24, 2.45) is 0 Å². The molecule has 4 rings (SSSR count). The molecule has 1 N–H and O–H groups in total. The van der Waals surface area contributed by atoms with Gasteiger partial charge in [-0.15, -0.1) is 11.3 Å². The second kappa shape index (κ2) is 7.41. The van der Waals surface area contributed by atoms with Gasteiger partial charge in [-0.25, -0.2) is 0 Å². The number of ether oxygens (including phenoxy) is 1. The van der Waals surface area contributed by atoms with Gasteiger partial charge in [0.1, 0.15) is 12.4 Å². The van der Waals surface area contributed by atoms with Crippen molar-refractivity contribution in [2.75, 3.05) is 5.32 Å². The maximum Gasteiger partial charge on any atom is 0.119 e. The van der Waals surface area contributed by atoms with E-state index in [1.54, 1.807) is 11.3 Å². The minimum absolute atomic E-state index is 0.596. The molecule has 3 aromatic carbocycles. The van der Waals surface area contributed by atoms with E-state index in [0.29, 0.717) is 6.61 Å². The number of thiophene rings is 1. The summed E-state index contributed by atoms with van der Waals surface area (Å²) in [6, 6.07) is 27.2. The molecule has 4 aromatic rings. The maximum atomic E-state index is 5.83. The van der Waals surface area contributed by atoms with Gasteiger partial charge in [-0.2, -0.15) is 0 Å². The highest BCUT2D eigenvalue weighted by Crippen LogP contribution is 2.24. The van der Waals surface area contributed by atoms with Crippen LogP contribution in [0.3, 0.4) is 0 Å². The Hall–Kier alpha value is -2.78. The maximum absolute atomic E-state index is 5.83. The van der Waals surface area contributed by atoms with Crippen molar-refractivity contribution >= 4 is 27.1 Å². The van der Waals surface area contributed by atoms with E-state index in [0.717, 1.165) is 18.0 Å². The van der Waals surface area contributed by atoms with Crippen LogP contribution in [0.5, 0.6) is 5.75 Å². The molecule has 1 heterocycles. The van der Waals surface area contributed by atoms with Crippen LogP contribution in [0.4, 0.5) is 5.69 Å². The molecule has 0 atom stereocenters. The molecule has 25 heavy (non-hydrogen) atoms. The Bertz CT molecular complexity index is 945. The summed E-state index contributed by atoms with van der Waals surface area (Å²) in [5.41, 5.74) is 3.56. The summed E-state index contributed by atoms with van der Waals surface area (Å²) in [5.74, 6) is 0.896. The van der Waals surface area contributed by atoms with Crippen LogP contribution in [-0.2, 0) is 13.2 Å². The molecule has 0 radical (unpaired) electrons. The van der Waals surface area contributed by atoms with Gasteiger partial charge in [0.15, 0.2) is 0 Å². The molecular weight excluding hydrogens is 326 g/mol.